The summed E-state index contributed by atoms with van der Waals surface area (Å²) in [5.41, 5.74) is 5.26. The van der Waals surface area contributed by atoms with Crippen LogP contribution >= 0.6 is 0 Å². The minimum atomic E-state index is -0.0789. The van der Waals surface area contributed by atoms with Gasteiger partial charge in [-0.05, 0) is 73.7 Å². The number of urea groups is 1. The molecule has 1 saturated heterocycles. The molecular formula is C29H33N3O3. The van der Waals surface area contributed by atoms with Crippen LogP contribution in [0.15, 0.2) is 72.4 Å². The van der Waals surface area contributed by atoms with Gasteiger partial charge < -0.3 is 19.7 Å². The summed E-state index contributed by atoms with van der Waals surface area (Å²) in [7, 11) is 0. The van der Waals surface area contributed by atoms with Gasteiger partial charge >= 0.3 is 6.03 Å². The summed E-state index contributed by atoms with van der Waals surface area (Å²) in [5, 5.41) is 2.95. The number of rotatable bonds is 7. The fraction of sp³-hybridized carbons (Fsp3) is 0.310. The predicted octanol–water partition coefficient (Wildman–Crippen LogP) is 6.11. The minimum absolute atomic E-state index is 0.0789. The molecule has 1 aliphatic heterocycles. The second-order valence-corrected chi connectivity index (χ2v) is 9.02. The Hall–Kier alpha value is -3.80. The van der Waals surface area contributed by atoms with Crippen molar-refractivity contribution in [3.8, 4) is 11.5 Å². The first kappa shape index (κ1) is 24.3. The molecule has 35 heavy (non-hydrogen) atoms. The van der Waals surface area contributed by atoms with E-state index in [1.807, 2.05) is 67.3 Å². The van der Waals surface area contributed by atoms with Crippen LogP contribution in [0.5, 0.6) is 11.5 Å². The molecule has 2 heterocycles. The highest BCUT2D eigenvalue weighted by Gasteiger charge is 2.24. The molecule has 182 valence electrons. The monoisotopic (exact) mass is 471 g/mol. The van der Waals surface area contributed by atoms with E-state index in [-0.39, 0.29) is 11.9 Å². The number of amides is 2. The van der Waals surface area contributed by atoms with Gasteiger partial charge in [-0.1, -0.05) is 42.8 Å². The van der Waals surface area contributed by atoms with Crippen LogP contribution in [0.1, 0.15) is 30.2 Å². The molecule has 1 unspecified atom stereocenters. The van der Waals surface area contributed by atoms with Crippen molar-refractivity contribution in [2.24, 2.45) is 5.92 Å². The maximum absolute atomic E-state index is 12.7. The van der Waals surface area contributed by atoms with Crippen molar-refractivity contribution < 1.29 is 14.3 Å². The number of anilines is 1. The van der Waals surface area contributed by atoms with Crippen LogP contribution in [0.25, 0.3) is 6.08 Å². The predicted molar refractivity (Wildman–Crippen MR) is 140 cm³/mol. The third kappa shape index (κ3) is 7.09. The maximum Gasteiger partial charge on any atom is 0.321 e. The zero-order valence-electron chi connectivity index (χ0n) is 20.7. The normalized spacial score (nSPS) is 16.7. The van der Waals surface area contributed by atoms with Crippen LogP contribution in [-0.4, -0.2) is 42.2 Å². The van der Waals surface area contributed by atoms with E-state index in [9.17, 15) is 4.79 Å². The third-order valence-electron chi connectivity index (χ3n) is 6.07. The summed E-state index contributed by atoms with van der Waals surface area (Å²) in [6.07, 6.45) is 4.76. The molecule has 1 atom stereocenters. The van der Waals surface area contributed by atoms with Gasteiger partial charge in [-0.3, -0.25) is 4.98 Å². The SMILES string of the molecule is Cc1cccc(OCCOc2cccc(C=C3CCN(C(=O)Nc4ccc(C)nc4)CC3C)c2)c1. The zero-order valence-corrected chi connectivity index (χ0v) is 20.7. The van der Waals surface area contributed by atoms with Crippen LogP contribution in [0.4, 0.5) is 10.5 Å². The number of carbonyl (C=O) groups excluding carboxylic acids is 1. The molecular weight excluding hydrogens is 438 g/mol. The molecule has 2 aromatic carbocycles. The van der Waals surface area contributed by atoms with Crippen LogP contribution < -0.4 is 14.8 Å². The van der Waals surface area contributed by atoms with E-state index in [0.717, 1.165) is 34.9 Å². The lowest BCUT2D eigenvalue weighted by Crippen LogP contribution is -2.42. The van der Waals surface area contributed by atoms with E-state index < -0.39 is 0 Å². The maximum atomic E-state index is 12.7. The molecule has 1 fully saturated rings. The number of nitrogens with one attached hydrogen (secondary N) is 1. The van der Waals surface area contributed by atoms with Gasteiger partial charge in [0.25, 0.3) is 0 Å². The summed E-state index contributed by atoms with van der Waals surface area (Å²) >= 11 is 0. The molecule has 0 aliphatic carbocycles. The first-order valence-electron chi connectivity index (χ1n) is 12.1. The van der Waals surface area contributed by atoms with Crippen LogP contribution in [0, 0.1) is 19.8 Å². The number of benzene rings is 2. The zero-order chi connectivity index (χ0) is 24.6. The molecule has 1 N–H and O–H groups in total. The fourth-order valence-electron chi connectivity index (χ4n) is 4.13. The summed E-state index contributed by atoms with van der Waals surface area (Å²) < 4.78 is 11.7. The average molecular weight is 472 g/mol. The molecule has 1 aliphatic rings. The Balaban J connectivity index is 1.28. The van der Waals surface area contributed by atoms with E-state index in [1.165, 1.54) is 11.1 Å². The summed E-state index contributed by atoms with van der Waals surface area (Å²) in [6, 6.07) is 19.8. The van der Waals surface area contributed by atoms with Gasteiger partial charge in [-0.2, -0.15) is 0 Å². The number of pyridine rings is 1. The summed E-state index contributed by atoms with van der Waals surface area (Å²) in [5.74, 6) is 1.96. The lowest BCUT2D eigenvalue weighted by molar-refractivity contribution is 0.198. The number of aryl methyl sites for hydroxylation is 2. The number of likely N-dealkylation sites (tertiary alicyclic amines) is 1. The van der Waals surface area contributed by atoms with E-state index >= 15 is 0 Å². The highest BCUT2D eigenvalue weighted by Crippen LogP contribution is 2.26. The molecule has 4 rings (SSSR count). The van der Waals surface area contributed by atoms with Gasteiger partial charge in [0.2, 0.25) is 0 Å². The first-order valence-corrected chi connectivity index (χ1v) is 12.1. The topological polar surface area (TPSA) is 63.7 Å². The smallest absolute Gasteiger partial charge is 0.321 e. The molecule has 0 radical (unpaired) electrons. The lowest BCUT2D eigenvalue weighted by atomic mass is 9.91. The average Bonchev–Trinajstić information content (AvgIpc) is 2.85. The number of nitrogens with zero attached hydrogens (tertiary/aromatic N) is 2. The molecule has 0 bridgehead atoms. The molecule has 0 spiro atoms. The van der Waals surface area contributed by atoms with Gasteiger partial charge in [0, 0.05) is 18.8 Å². The standard InChI is InChI=1S/C29H33N3O3/c1-21-6-4-8-27(16-21)34-14-15-35-28-9-5-7-24(18-28)17-25-12-13-32(20-22(25)2)29(33)31-26-11-10-23(3)30-19-26/h4-11,16-19,22H,12-15,20H2,1-3H3,(H,31,33). The van der Waals surface area contributed by atoms with Crippen LogP contribution in [-0.2, 0) is 0 Å². The Kier molecular flexibility index (Phi) is 8.03. The molecule has 0 saturated carbocycles. The van der Waals surface area contributed by atoms with Crippen molar-refractivity contribution in [1.82, 2.24) is 9.88 Å². The van der Waals surface area contributed by atoms with Crippen molar-refractivity contribution in [2.45, 2.75) is 27.2 Å². The lowest BCUT2D eigenvalue weighted by Gasteiger charge is -2.33. The highest BCUT2D eigenvalue weighted by molar-refractivity contribution is 5.89. The van der Waals surface area contributed by atoms with Gasteiger partial charge in [0.05, 0.1) is 11.9 Å². The molecule has 6 heteroatoms. The first-order chi connectivity index (χ1) is 17.0. The van der Waals surface area contributed by atoms with Gasteiger partial charge in [-0.25, -0.2) is 4.79 Å². The largest absolute Gasteiger partial charge is 0.490 e. The van der Waals surface area contributed by atoms with Gasteiger partial charge in [0.1, 0.15) is 24.7 Å². The Morgan fingerprint density at radius 1 is 1.06 bits per heavy atom. The van der Waals surface area contributed by atoms with E-state index in [4.69, 9.17) is 9.47 Å². The van der Waals surface area contributed by atoms with Crippen molar-refractivity contribution in [3.63, 3.8) is 0 Å². The number of hydrogen-bond donors (Lipinski definition) is 1. The quantitative estimate of drug-likeness (QED) is 0.422. The Labute approximate surface area is 207 Å². The fourth-order valence-corrected chi connectivity index (χ4v) is 4.13. The molecule has 1 aromatic heterocycles. The van der Waals surface area contributed by atoms with E-state index in [0.29, 0.717) is 26.3 Å². The second kappa shape index (κ2) is 11.6. The van der Waals surface area contributed by atoms with Gasteiger partial charge in [-0.15, -0.1) is 0 Å². The van der Waals surface area contributed by atoms with Crippen LogP contribution in [0.3, 0.4) is 0 Å². The van der Waals surface area contributed by atoms with Crippen molar-refractivity contribution in [3.05, 3.63) is 89.3 Å². The summed E-state index contributed by atoms with van der Waals surface area (Å²) in [4.78, 5) is 18.8. The van der Waals surface area contributed by atoms with Crippen LogP contribution in [0.2, 0.25) is 0 Å². The van der Waals surface area contributed by atoms with Crippen molar-refractivity contribution in [1.29, 1.82) is 0 Å². The van der Waals surface area contributed by atoms with E-state index in [2.05, 4.69) is 35.4 Å². The van der Waals surface area contributed by atoms with Gasteiger partial charge in [0.15, 0.2) is 0 Å². The Morgan fingerprint density at radius 3 is 2.49 bits per heavy atom. The van der Waals surface area contributed by atoms with Crippen molar-refractivity contribution in [2.75, 3.05) is 31.6 Å². The second-order valence-electron chi connectivity index (χ2n) is 9.02. The number of carbonyl (C=O) groups is 1. The molecule has 6 nitrogen and oxygen atoms in total. The Bertz CT molecular complexity index is 1170. The number of aromatic nitrogens is 1. The minimum Gasteiger partial charge on any atom is -0.490 e. The molecule has 3 aromatic rings. The number of hydrogen-bond acceptors (Lipinski definition) is 4. The Morgan fingerprint density at radius 2 is 1.80 bits per heavy atom. The van der Waals surface area contributed by atoms with Crippen molar-refractivity contribution >= 4 is 17.8 Å². The van der Waals surface area contributed by atoms with E-state index in [1.54, 1.807) is 6.20 Å². The highest BCUT2D eigenvalue weighted by atomic mass is 16.5. The number of piperidine rings is 1. The molecule has 2 amide bonds. The number of ether oxygens (including phenoxy) is 2. The third-order valence-corrected chi connectivity index (χ3v) is 6.07. The summed E-state index contributed by atoms with van der Waals surface area (Å²) in [6.45, 7) is 8.48.